The predicted molar refractivity (Wildman–Crippen MR) is 46.9 cm³/mol. The van der Waals surface area contributed by atoms with Gasteiger partial charge in [-0.05, 0) is 23.6 Å². The van der Waals surface area contributed by atoms with Crippen molar-refractivity contribution in [2.24, 2.45) is 0 Å². The fourth-order valence-electron chi connectivity index (χ4n) is 0.927. The summed E-state index contributed by atoms with van der Waals surface area (Å²) in [6.07, 6.45) is 2.33. The van der Waals surface area contributed by atoms with Crippen LogP contribution >= 0.6 is 11.3 Å². The number of hydrogen-bond acceptors (Lipinski definition) is 3. The number of rotatable bonds is 0. The highest BCUT2D eigenvalue weighted by Crippen LogP contribution is 2.01. The van der Waals surface area contributed by atoms with Crippen LogP contribution in [0.3, 0.4) is 0 Å². The van der Waals surface area contributed by atoms with Crippen molar-refractivity contribution in [3.05, 3.63) is 22.9 Å². The van der Waals surface area contributed by atoms with Gasteiger partial charge in [0.15, 0.2) is 0 Å². The maximum Gasteiger partial charge on any atom is 0.0238 e. The molecular weight excluding hydrogens is 158 g/mol. The Morgan fingerprint density at radius 2 is 1.64 bits per heavy atom. The van der Waals surface area contributed by atoms with E-state index in [1.165, 1.54) is 5.06 Å². The van der Waals surface area contributed by atoms with Crippen molar-refractivity contribution in [1.82, 2.24) is 5.06 Å². The maximum absolute atomic E-state index is 8.56. The van der Waals surface area contributed by atoms with E-state index < -0.39 is 0 Å². The minimum atomic E-state index is 0.875. The summed E-state index contributed by atoms with van der Waals surface area (Å²) in [6, 6.07) is 4.04. The number of hydroxylamine groups is 2. The van der Waals surface area contributed by atoms with Gasteiger partial charge in [0.1, 0.15) is 0 Å². The third-order valence-electron chi connectivity index (χ3n) is 1.51. The highest BCUT2D eigenvalue weighted by atomic mass is 32.1. The molecule has 1 aromatic rings. The van der Waals surface area contributed by atoms with Gasteiger partial charge in [-0.25, -0.2) is 0 Å². The lowest BCUT2D eigenvalue weighted by Gasteiger charge is -1.99. The van der Waals surface area contributed by atoms with Crippen LogP contribution in [0.25, 0.3) is 0 Å². The Balaban J connectivity index is 0.000000112. The van der Waals surface area contributed by atoms with E-state index in [1.54, 1.807) is 11.3 Å². The Morgan fingerprint density at radius 3 is 1.82 bits per heavy atom. The normalized spacial score (nSPS) is 17.5. The first-order chi connectivity index (χ1) is 5.39. The molecule has 1 aromatic heterocycles. The van der Waals surface area contributed by atoms with Crippen molar-refractivity contribution < 1.29 is 5.21 Å². The minimum absolute atomic E-state index is 0.875. The third kappa shape index (κ3) is 4.14. The summed E-state index contributed by atoms with van der Waals surface area (Å²) in [5.41, 5.74) is 0. The monoisotopic (exact) mass is 171 g/mol. The lowest BCUT2D eigenvalue weighted by molar-refractivity contribution is -0.0678. The van der Waals surface area contributed by atoms with Gasteiger partial charge in [-0.15, -0.1) is 0 Å². The molecule has 62 valence electrons. The van der Waals surface area contributed by atoms with Crippen molar-refractivity contribution in [2.75, 3.05) is 13.1 Å². The summed E-state index contributed by atoms with van der Waals surface area (Å²) < 4.78 is 0. The van der Waals surface area contributed by atoms with Gasteiger partial charge in [-0.2, -0.15) is 16.4 Å². The molecule has 2 rings (SSSR count). The first kappa shape index (κ1) is 8.71. The molecular formula is C8H13NOS. The van der Waals surface area contributed by atoms with Crippen molar-refractivity contribution in [3.8, 4) is 0 Å². The number of nitrogens with zero attached hydrogens (tertiary/aromatic N) is 1. The topological polar surface area (TPSA) is 23.5 Å². The SMILES string of the molecule is ON1CCCC1.c1ccsc1. The molecule has 0 unspecified atom stereocenters. The molecule has 1 aliphatic rings. The third-order valence-corrected chi connectivity index (χ3v) is 2.14. The molecule has 0 atom stereocenters. The largest absolute Gasteiger partial charge is 0.314 e. The van der Waals surface area contributed by atoms with Crippen LogP contribution in [0.4, 0.5) is 0 Å². The smallest absolute Gasteiger partial charge is 0.0238 e. The average molecular weight is 171 g/mol. The Hall–Kier alpha value is -0.380. The molecule has 0 aromatic carbocycles. The Morgan fingerprint density at radius 1 is 1.09 bits per heavy atom. The van der Waals surface area contributed by atoms with Crippen LogP contribution in [0, 0.1) is 0 Å². The molecule has 0 aliphatic carbocycles. The highest BCUT2D eigenvalue weighted by molar-refractivity contribution is 7.07. The van der Waals surface area contributed by atoms with Crippen molar-refractivity contribution in [1.29, 1.82) is 0 Å². The van der Waals surface area contributed by atoms with Crippen LogP contribution in [0.2, 0.25) is 0 Å². The summed E-state index contributed by atoms with van der Waals surface area (Å²) in [6.45, 7) is 1.75. The Labute approximate surface area is 71.0 Å². The molecule has 2 nitrogen and oxygen atoms in total. The summed E-state index contributed by atoms with van der Waals surface area (Å²) in [7, 11) is 0. The summed E-state index contributed by atoms with van der Waals surface area (Å²) in [5.74, 6) is 0. The first-order valence-electron chi connectivity index (χ1n) is 3.80. The van der Waals surface area contributed by atoms with Gasteiger partial charge in [0, 0.05) is 13.1 Å². The van der Waals surface area contributed by atoms with Gasteiger partial charge in [0.05, 0.1) is 0 Å². The van der Waals surface area contributed by atoms with Gasteiger partial charge < -0.3 is 5.21 Å². The molecule has 11 heavy (non-hydrogen) atoms. The van der Waals surface area contributed by atoms with Gasteiger partial charge in [0.2, 0.25) is 0 Å². The van der Waals surface area contributed by atoms with E-state index in [0.29, 0.717) is 0 Å². The first-order valence-corrected chi connectivity index (χ1v) is 4.75. The van der Waals surface area contributed by atoms with Crippen LogP contribution in [0.15, 0.2) is 22.9 Å². The summed E-state index contributed by atoms with van der Waals surface area (Å²) in [4.78, 5) is 0. The van der Waals surface area contributed by atoms with E-state index in [-0.39, 0.29) is 0 Å². The van der Waals surface area contributed by atoms with E-state index in [9.17, 15) is 0 Å². The van der Waals surface area contributed by atoms with Crippen molar-refractivity contribution in [2.45, 2.75) is 12.8 Å². The zero-order valence-corrected chi connectivity index (χ0v) is 7.26. The molecule has 3 heteroatoms. The van der Waals surface area contributed by atoms with E-state index in [0.717, 1.165) is 25.9 Å². The quantitative estimate of drug-likeness (QED) is 0.647. The van der Waals surface area contributed by atoms with Crippen LogP contribution < -0.4 is 0 Å². The molecule has 0 amide bonds. The fraction of sp³-hybridized carbons (Fsp3) is 0.500. The predicted octanol–water partition coefficient (Wildman–Crippen LogP) is 2.22. The number of hydrogen-bond donors (Lipinski definition) is 1. The standard InChI is InChI=1S/C4H9NO.C4H4S/c6-5-3-1-2-4-5;1-2-4-5-3-1/h6H,1-4H2;1-4H. The second-order valence-electron chi connectivity index (χ2n) is 2.45. The molecule has 0 bridgehead atoms. The molecule has 1 aliphatic heterocycles. The van der Waals surface area contributed by atoms with Crippen molar-refractivity contribution in [3.63, 3.8) is 0 Å². The van der Waals surface area contributed by atoms with E-state index in [2.05, 4.69) is 0 Å². The molecule has 0 saturated carbocycles. The van der Waals surface area contributed by atoms with Crippen LogP contribution in [-0.2, 0) is 0 Å². The van der Waals surface area contributed by atoms with Gasteiger partial charge in [-0.1, -0.05) is 12.1 Å². The lowest BCUT2D eigenvalue weighted by atomic mass is 10.4. The van der Waals surface area contributed by atoms with Crippen LogP contribution in [0.1, 0.15) is 12.8 Å². The second-order valence-corrected chi connectivity index (χ2v) is 3.27. The lowest BCUT2D eigenvalue weighted by Crippen LogP contribution is -2.11. The minimum Gasteiger partial charge on any atom is -0.314 e. The van der Waals surface area contributed by atoms with Gasteiger partial charge in [-0.3, -0.25) is 0 Å². The summed E-state index contributed by atoms with van der Waals surface area (Å²) >= 11 is 1.71. The van der Waals surface area contributed by atoms with Crippen molar-refractivity contribution >= 4 is 11.3 Å². The summed E-state index contributed by atoms with van der Waals surface area (Å²) in [5, 5.41) is 14.0. The van der Waals surface area contributed by atoms with E-state index in [1.807, 2.05) is 22.9 Å². The molecule has 1 fully saturated rings. The van der Waals surface area contributed by atoms with Crippen LogP contribution in [0.5, 0.6) is 0 Å². The van der Waals surface area contributed by atoms with E-state index >= 15 is 0 Å². The van der Waals surface area contributed by atoms with E-state index in [4.69, 9.17) is 5.21 Å². The number of thiophene rings is 1. The molecule has 1 N–H and O–H groups in total. The Kier molecular flexibility index (Phi) is 4.19. The highest BCUT2D eigenvalue weighted by Gasteiger charge is 2.05. The van der Waals surface area contributed by atoms with Crippen LogP contribution in [-0.4, -0.2) is 23.4 Å². The molecule has 0 radical (unpaired) electrons. The zero-order valence-electron chi connectivity index (χ0n) is 6.44. The van der Waals surface area contributed by atoms with Gasteiger partial charge >= 0.3 is 0 Å². The van der Waals surface area contributed by atoms with Gasteiger partial charge in [0.25, 0.3) is 0 Å². The Bertz CT molecular complexity index is 141. The molecule has 2 heterocycles. The molecule has 1 saturated heterocycles. The second kappa shape index (κ2) is 5.29. The fourth-order valence-corrected chi connectivity index (χ4v) is 1.38. The molecule has 0 spiro atoms. The maximum atomic E-state index is 8.56. The average Bonchev–Trinajstić information content (AvgIpc) is 2.57. The zero-order chi connectivity index (χ0) is 7.94.